The van der Waals surface area contributed by atoms with Crippen molar-refractivity contribution in [3.05, 3.63) is 23.8 Å². The molecule has 122 valence electrons. The summed E-state index contributed by atoms with van der Waals surface area (Å²) in [6.07, 6.45) is 0.368. The highest BCUT2D eigenvalue weighted by Crippen LogP contribution is 2.29. The van der Waals surface area contributed by atoms with Crippen molar-refractivity contribution in [1.82, 2.24) is 10.2 Å². The molecule has 0 aromatic heterocycles. The number of amides is 1. The van der Waals surface area contributed by atoms with E-state index in [1.54, 1.807) is 14.2 Å². The molecule has 0 saturated carbocycles. The largest absolute Gasteiger partial charge is 0.497 e. The molecule has 0 spiro atoms. The van der Waals surface area contributed by atoms with Crippen molar-refractivity contribution < 1.29 is 14.3 Å². The Balaban J connectivity index is 0.00000176. The van der Waals surface area contributed by atoms with E-state index >= 15 is 0 Å². The fourth-order valence-corrected chi connectivity index (χ4v) is 3.35. The van der Waals surface area contributed by atoms with Gasteiger partial charge >= 0.3 is 0 Å². The van der Waals surface area contributed by atoms with Crippen LogP contribution < -0.4 is 14.8 Å². The predicted molar refractivity (Wildman–Crippen MR) is 86.9 cm³/mol. The molecule has 5 nitrogen and oxygen atoms in total. The molecule has 2 heterocycles. The number of nitrogens with zero attached hydrogens (tertiary/aromatic N) is 1. The van der Waals surface area contributed by atoms with E-state index in [1.807, 2.05) is 23.1 Å². The highest BCUT2D eigenvalue weighted by molar-refractivity contribution is 5.85. The minimum absolute atomic E-state index is 0. The number of nitrogens with one attached hydrogen (secondary N) is 1. The molecule has 2 aliphatic rings. The number of carbonyl (C=O) groups is 1. The summed E-state index contributed by atoms with van der Waals surface area (Å²) in [6.45, 7) is 3.83. The summed E-state index contributed by atoms with van der Waals surface area (Å²) in [4.78, 5) is 14.5. The molecule has 2 fully saturated rings. The molecule has 1 aromatic carbocycles. The Labute approximate surface area is 137 Å². The first-order valence-electron chi connectivity index (χ1n) is 7.40. The number of halogens is 1. The van der Waals surface area contributed by atoms with Gasteiger partial charge in [-0.3, -0.25) is 4.79 Å². The van der Waals surface area contributed by atoms with Crippen LogP contribution in [0.5, 0.6) is 11.5 Å². The first-order valence-corrected chi connectivity index (χ1v) is 7.40. The van der Waals surface area contributed by atoms with E-state index in [2.05, 4.69) is 5.32 Å². The van der Waals surface area contributed by atoms with Crippen molar-refractivity contribution in [3.63, 3.8) is 0 Å². The third-order valence-corrected chi connectivity index (χ3v) is 4.57. The number of rotatable bonds is 4. The molecule has 0 aliphatic carbocycles. The minimum atomic E-state index is 0. The van der Waals surface area contributed by atoms with Crippen molar-refractivity contribution in [3.8, 4) is 11.5 Å². The summed E-state index contributed by atoms with van der Waals surface area (Å²) in [7, 11) is 3.25. The highest BCUT2D eigenvalue weighted by atomic mass is 35.5. The van der Waals surface area contributed by atoms with E-state index < -0.39 is 0 Å². The summed E-state index contributed by atoms with van der Waals surface area (Å²) in [5, 5.41) is 3.39. The molecule has 2 aliphatic heterocycles. The van der Waals surface area contributed by atoms with Crippen molar-refractivity contribution in [2.45, 2.75) is 6.42 Å². The standard InChI is InChI=1S/C16H22N2O3.ClH/c1-20-14-3-4-15(21-2)11(5-14)6-16(19)18-9-12-7-17-8-13(12)10-18;/h3-5,12-13,17H,6-10H2,1-2H3;1H/t12-,13+;. The normalized spacial score (nSPS) is 22.9. The van der Waals surface area contributed by atoms with Crippen LogP contribution >= 0.6 is 12.4 Å². The third kappa shape index (κ3) is 3.31. The van der Waals surface area contributed by atoms with Gasteiger partial charge in [0.2, 0.25) is 5.91 Å². The van der Waals surface area contributed by atoms with Gasteiger partial charge in [0.1, 0.15) is 11.5 Å². The Morgan fingerprint density at radius 2 is 1.91 bits per heavy atom. The van der Waals surface area contributed by atoms with Crippen molar-refractivity contribution >= 4 is 18.3 Å². The van der Waals surface area contributed by atoms with Gasteiger partial charge < -0.3 is 19.7 Å². The Hall–Kier alpha value is -1.46. The van der Waals surface area contributed by atoms with Gasteiger partial charge in [0.15, 0.2) is 0 Å². The van der Waals surface area contributed by atoms with E-state index in [0.717, 1.165) is 43.2 Å². The molecule has 0 unspecified atom stereocenters. The van der Waals surface area contributed by atoms with E-state index in [0.29, 0.717) is 18.3 Å². The molecule has 1 amide bonds. The van der Waals surface area contributed by atoms with Crippen LogP contribution in [0, 0.1) is 11.8 Å². The van der Waals surface area contributed by atoms with Crippen molar-refractivity contribution in [1.29, 1.82) is 0 Å². The Morgan fingerprint density at radius 3 is 2.50 bits per heavy atom. The van der Waals surface area contributed by atoms with Gasteiger partial charge in [0, 0.05) is 31.7 Å². The molecular formula is C16H23ClN2O3. The molecule has 2 atom stereocenters. The summed E-state index contributed by atoms with van der Waals surface area (Å²) in [6, 6.07) is 5.58. The van der Waals surface area contributed by atoms with Crippen molar-refractivity contribution in [2.75, 3.05) is 40.4 Å². The maximum Gasteiger partial charge on any atom is 0.227 e. The predicted octanol–water partition coefficient (Wildman–Crippen LogP) is 1.35. The molecule has 0 radical (unpaired) electrons. The lowest BCUT2D eigenvalue weighted by Gasteiger charge is -2.18. The smallest absolute Gasteiger partial charge is 0.227 e. The summed E-state index contributed by atoms with van der Waals surface area (Å²) >= 11 is 0. The maximum absolute atomic E-state index is 12.5. The average Bonchev–Trinajstić information content (AvgIpc) is 3.08. The van der Waals surface area contributed by atoms with Crippen LogP contribution in [0.4, 0.5) is 0 Å². The van der Waals surface area contributed by atoms with E-state index in [1.165, 1.54) is 0 Å². The van der Waals surface area contributed by atoms with Crippen LogP contribution in [0.3, 0.4) is 0 Å². The number of ether oxygens (including phenoxy) is 2. The summed E-state index contributed by atoms with van der Waals surface area (Å²) in [5.74, 6) is 2.92. The van der Waals surface area contributed by atoms with E-state index in [-0.39, 0.29) is 18.3 Å². The molecular weight excluding hydrogens is 304 g/mol. The second-order valence-corrected chi connectivity index (χ2v) is 5.83. The lowest BCUT2D eigenvalue weighted by molar-refractivity contribution is -0.129. The van der Waals surface area contributed by atoms with E-state index in [4.69, 9.17) is 9.47 Å². The van der Waals surface area contributed by atoms with E-state index in [9.17, 15) is 4.79 Å². The second kappa shape index (κ2) is 7.20. The van der Waals surface area contributed by atoms with Gasteiger partial charge in [0.25, 0.3) is 0 Å². The first kappa shape index (κ1) is 16.9. The summed E-state index contributed by atoms with van der Waals surface area (Å²) in [5.41, 5.74) is 0.886. The maximum atomic E-state index is 12.5. The minimum Gasteiger partial charge on any atom is -0.497 e. The zero-order valence-electron chi connectivity index (χ0n) is 13.0. The van der Waals surface area contributed by atoms with Gasteiger partial charge in [-0.1, -0.05) is 0 Å². The SMILES string of the molecule is COc1ccc(OC)c(CC(=O)N2C[C@H]3CNC[C@H]3C2)c1.Cl. The average molecular weight is 327 g/mol. The van der Waals surface area contributed by atoms with Gasteiger partial charge in [-0.25, -0.2) is 0 Å². The van der Waals surface area contributed by atoms with Crippen LogP contribution in [0.1, 0.15) is 5.56 Å². The molecule has 3 rings (SSSR count). The fourth-order valence-electron chi connectivity index (χ4n) is 3.35. The lowest BCUT2D eigenvalue weighted by Crippen LogP contribution is -2.33. The van der Waals surface area contributed by atoms with Crippen LogP contribution in [-0.2, 0) is 11.2 Å². The topological polar surface area (TPSA) is 50.8 Å². The number of methoxy groups -OCH3 is 2. The molecule has 0 bridgehead atoms. The first-order chi connectivity index (χ1) is 10.2. The van der Waals surface area contributed by atoms with Gasteiger partial charge in [-0.15, -0.1) is 12.4 Å². The Morgan fingerprint density at radius 1 is 1.23 bits per heavy atom. The number of hydrogen-bond donors (Lipinski definition) is 1. The second-order valence-electron chi connectivity index (χ2n) is 5.83. The number of likely N-dealkylation sites (tertiary alicyclic amines) is 1. The lowest BCUT2D eigenvalue weighted by atomic mass is 10.0. The summed E-state index contributed by atoms with van der Waals surface area (Å²) < 4.78 is 10.6. The van der Waals surface area contributed by atoms with Gasteiger partial charge in [-0.2, -0.15) is 0 Å². The van der Waals surface area contributed by atoms with Crippen molar-refractivity contribution in [2.24, 2.45) is 11.8 Å². The zero-order valence-corrected chi connectivity index (χ0v) is 13.8. The fraction of sp³-hybridized carbons (Fsp3) is 0.562. The zero-order chi connectivity index (χ0) is 14.8. The number of carbonyl (C=O) groups excluding carboxylic acids is 1. The van der Waals surface area contributed by atoms with Crippen LogP contribution in [0.25, 0.3) is 0 Å². The molecule has 1 N–H and O–H groups in total. The third-order valence-electron chi connectivity index (χ3n) is 4.57. The van der Waals surface area contributed by atoms with Crippen LogP contribution in [-0.4, -0.2) is 51.2 Å². The van der Waals surface area contributed by atoms with Gasteiger partial charge in [-0.05, 0) is 30.0 Å². The Bertz CT molecular complexity index is 526. The number of hydrogen-bond acceptors (Lipinski definition) is 4. The van der Waals surface area contributed by atoms with Crippen LogP contribution in [0.15, 0.2) is 18.2 Å². The van der Waals surface area contributed by atoms with Crippen LogP contribution in [0.2, 0.25) is 0 Å². The molecule has 2 saturated heterocycles. The molecule has 22 heavy (non-hydrogen) atoms. The molecule has 1 aromatic rings. The quantitative estimate of drug-likeness (QED) is 0.907. The number of fused-ring (bicyclic) bond motifs is 1. The monoisotopic (exact) mass is 326 g/mol. The van der Waals surface area contributed by atoms with Gasteiger partial charge in [0.05, 0.1) is 20.6 Å². The number of benzene rings is 1. The Kier molecular flexibility index (Phi) is 5.53. The highest BCUT2D eigenvalue weighted by Gasteiger charge is 2.37. The molecule has 6 heteroatoms.